The summed E-state index contributed by atoms with van der Waals surface area (Å²) in [7, 11) is 0. The van der Waals surface area contributed by atoms with Gasteiger partial charge < -0.3 is 5.32 Å². The van der Waals surface area contributed by atoms with E-state index in [0.29, 0.717) is 22.1 Å². The second-order valence-electron chi connectivity index (χ2n) is 6.26. The van der Waals surface area contributed by atoms with Crippen molar-refractivity contribution in [3.63, 3.8) is 0 Å². The van der Waals surface area contributed by atoms with Crippen LogP contribution in [0.5, 0.6) is 0 Å². The van der Waals surface area contributed by atoms with Crippen LogP contribution in [0.15, 0.2) is 54.7 Å². The number of rotatable bonds is 2. The van der Waals surface area contributed by atoms with Gasteiger partial charge in [-0.25, -0.2) is 4.68 Å². The number of hydrogen-bond donors (Lipinski definition) is 1. The second kappa shape index (κ2) is 6.42. The lowest BCUT2D eigenvalue weighted by Gasteiger charge is -2.24. The van der Waals surface area contributed by atoms with Crippen LogP contribution in [0, 0.1) is 0 Å². The summed E-state index contributed by atoms with van der Waals surface area (Å²) in [5.41, 5.74) is 1.33. The number of hydrogen-bond acceptors (Lipinski definition) is 2. The van der Waals surface area contributed by atoms with E-state index in [9.17, 15) is 18.0 Å². The van der Waals surface area contributed by atoms with E-state index >= 15 is 0 Å². The molecule has 0 fully saturated rings. The van der Waals surface area contributed by atoms with Crippen LogP contribution in [0.25, 0.3) is 5.69 Å². The van der Waals surface area contributed by atoms with Gasteiger partial charge in [0.2, 0.25) is 5.91 Å². The maximum absolute atomic E-state index is 12.8. The molecule has 0 aliphatic carbocycles. The zero-order valence-corrected chi connectivity index (χ0v) is 14.6. The van der Waals surface area contributed by atoms with Gasteiger partial charge in [0.25, 0.3) is 0 Å². The van der Waals surface area contributed by atoms with Crippen LogP contribution in [-0.4, -0.2) is 15.7 Å². The number of benzene rings is 2. The first-order valence-electron chi connectivity index (χ1n) is 8.14. The molecule has 1 aliphatic heterocycles. The number of halogens is 4. The number of alkyl halides is 3. The number of nitrogens with one attached hydrogen (secondary N) is 1. The number of aromatic nitrogens is 2. The lowest BCUT2D eigenvalue weighted by Crippen LogP contribution is -2.24. The Balaban J connectivity index is 1.75. The molecule has 27 heavy (non-hydrogen) atoms. The Morgan fingerprint density at radius 1 is 1.15 bits per heavy atom. The third kappa shape index (κ3) is 3.30. The highest BCUT2D eigenvalue weighted by molar-refractivity contribution is 6.30. The highest BCUT2D eigenvalue weighted by Crippen LogP contribution is 2.39. The summed E-state index contributed by atoms with van der Waals surface area (Å²) in [4.78, 5) is 12.2. The summed E-state index contributed by atoms with van der Waals surface area (Å²) >= 11 is 6.03. The molecule has 1 aromatic heterocycles. The van der Waals surface area contributed by atoms with Crippen LogP contribution in [0.2, 0.25) is 5.02 Å². The lowest BCUT2D eigenvalue weighted by molar-refractivity contribution is -0.137. The van der Waals surface area contributed by atoms with E-state index in [0.717, 1.165) is 17.7 Å². The van der Waals surface area contributed by atoms with Gasteiger partial charge in [0.05, 0.1) is 17.4 Å². The van der Waals surface area contributed by atoms with Gasteiger partial charge in [0, 0.05) is 22.9 Å². The van der Waals surface area contributed by atoms with Gasteiger partial charge in [-0.05, 0) is 35.9 Å². The van der Waals surface area contributed by atoms with E-state index in [1.807, 2.05) is 0 Å². The van der Waals surface area contributed by atoms with Crippen molar-refractivity contribution >= 4 is 23.3 Å². The molecule has 138 valence electrons. The quantitative estimate of drug-likeness (QED) is 0.666. The highest BCUT2D eigenvalue weighted by Gasteiger charge is 2.33. The molecular weight excluding hydrogens is 379 g/mol. The fraction of sp³-hybridized carbons (Fsp3) is 0.158. The van der Waals surface area contributed by atoms with Crippen molar-refractivity contribution < 1.29 is 18.0 Å². The summed E-state index contributed by atoms with van der Waals surface area (Å²) in [5, 5.41) is 7.67. The minimum atomic E-state index is -4.40. The summed E-state index contributed by atoms with van der Waals surface area (Å²) in [6, 6.07) is 11.9. The van der Waals surface area contributed by atoms with E-state index in [1.165, 1.54) is 12.1 Å². The van der Waals surface area contributed by atoms with E-state index in [1.54, 1.807) is 35.1 Å². The number of nitrogens with zero attached hydrogens (tertiary/aromatic N) is 2. The first kappa shape index (κ1) is 17.6. The molecule has 0 radical (unpaired) electrons. The van der Waals surface area contributed by atoms with Crippen LogP contribution in [0.3, 0.4) is 0 Å². The number of carbonyl (C=O) groups excluding carboxylic acids is 1. The second-order valence-corrected chi connectivity index (χ2v) is 6.70. The van der Waals surface area contributed by atoms with E-state index < -0.39 is 11.7 Å². The maximum Gasteiger partial charge on any atom is 0.416 e. The van der Waals surface area contributed by atoms with Gasteiger partial charge in [-0.1, -0.05) is 29.8 Å². The fourth-order valence-electron chi connectivity index (χ4n) is 3.23. The Morgan fingerprint density at radius 3 is 2.56 bits per heavy atom. The van der Waals surface area contributed by atoms with E-state index in [4.69, 9.17) is 11.6 Å². The van der Waals surface area contributed by atoms with Crippen LogP contribution >= 0.6 is 11.6 Å². The highest BCUT2D eigenvalue weighted by atomic mass is 35.5. The van der Waals surface area contributed by atoms with Gasteiger partial charge in [0.1, 0.15) is 5.82 Å². The third-order valence-electron chi connectivity index (χ3n) is 4.51. The molecular formula is C19H13ClF3N3O. The smallest absolute Gasteiger partial charge is 0.310 e. The molecule has 1 N–H and O–H groups in total. The van der Waals surface area contributed by atoms with Gasteiger partial charge in [0.15, 0.2) is 0 Å². The Kier molecular flexibility index (Phi) is 4.19. The topological polar surface area (TPSA) is 46.9 Å². The van der Waals surface area contributed by atoms with Crippen LogP contribution in [0.4, 0.5) is 19.0 Å². The average Bonchev–Trinajstić information content (AvgIpc) is 3.04. The zero-order chi connectivity index (χ0) is 19.2. The number of fused-ring (bicyclic) bond motifs is 1. The van der Waals surface area contributed by atoms with E-state index in [-0.39, 0.29) is 18.2 Å². The molecule has 0 saturated heterocycles. The minimum absolute atomic E-state index is 0.138. The first-order valence-corrected chi connectivity index (χ1v) is 8.51. The van der Waals surface area contributed by atoms with Gasteiger partial charge >= 0.3 is 6.18 Å². The molecule has 2 aromatic carbocycles. The van der Waals surface area contributed by atoms with Crippen molar-refractivity contribution in [3.05, 3.63) is 76.4 Å². The van der Waals surface area contributed by atoms with Crippen molar-refractivity contribution in [1.82, 2.24) is 9.78 Å². The normalized spacial score (nSPS) is 16.7. The molecule has 0 unspecified atom stereocenters. The summed E-state index contributed by atoms with van der Waals surface area (Å²) in [6.45, 7) is 0. The maximum atomic E-state index is 12.8. The van der Waals surface area contributed by atoms with Crippen LogP contribution < -0.4 is 5.32 Å². The predicted molar refractivity (Wildman–Crippen MR) is 95.1 cm³/mol. The lowest BCUT2D eigenvalue weighted by atomic mass is 9.87. The summed E-state index contributed by atoms with van der Waals surface area (Å²) in [6.07, 6.45) is -2.64. The van der Waals surface area contributed by atoms with Crippen molar-refractivity contribution in [3.8, 4) is 5.69 Å². The largest absolute Gasteiger partial charge is 0.416 e. The monoisotopic (exact) mass is 391 g/mol. The van der Waals surface area contributed by atoms with Crippen molar-refractivity contribution in [1.29, 1.82) is 0 Å². The molecule has 4 rings (SSSR count). The van der Waals surface area contributed by atoms with Crippen molar-refractivity contribution in [2.75, 3.05) is 5.32 Å². The Hall–Kier alpha value is -2.80. The number of anilines is 1. The molecule has 1 aliphatic rings. The Bertz CT molecular complexity index is 1010. The Morgan fingerprint density at radius 2 is 1.89 bits per heavy atom. The molecule has 0 saturated carbocycles. The number of carbonyl (C=O) groups is 1. The molecule has 2 heterocycles. The molecule has 4 nitrogen and oxygen atoms in total. The zero-order valence-electron chi connectivity index (χ0n) is 13.8. The van der Waals surface area contributed by atoms with Gasteiger partial charge in [-0.15, -0.1) is 0 Å². The minimum Gasteiger partial charge on any atom is -0.310 e. The van der Waals surface area contributed by atoms with Gasteiger partial charge in [-0.2, -0.15) is 18.3 Å². The SMILES string of the molecule is O=C1C[C@@H](c2ccc(C(F)(F)F)cc2)c2cnn(-c3cccc(Cl)c3)c2N1. The van der Waals surface area contributed by atoms with Crippen LogP contribution in [0.1, 0.15) is 29.0 Å². The standard InChI is InChI=1S/C19H13ClF3N3O/c20-13-2-1-3-14(8-13)26-18-16(10-24-26)15(9-17(27)25-18)11-4-6-12(7-5-11)19(21,22)23/h1-8,10,15H,9H2,(H,25,27)/t15-/m0/s1. The Labute approximate surface area is 157 Å². The summed E-state index contributed by atoms with van der Waals surface area (Å²) in [5.74, 6) is -0.0986. The fourth-order valence-corrected chi connectivity index (χ4v) is 3.41. The average molecular weight is 392 g/mol. The first-order chi connectivity index (χ1) is 12.8. The van der Waals surface area contributed by atoms with E-state index in [2.05, 4.69) is 10.4 Å². The van der Waals surface area contributed by atoms with Gasteiger partial charge in [-0.3, -0.25) is 4.79 Å². The van der Waals surface area contributed by atoms with Crippen molar-refractivity contribution in [2.24, 2.45) is 0 Å². The molecule has 1 atom stereocenters. The molecule has 0 bridgehead atoms. The van der Waals surface area contributed by atoms with Crippen molar-refractivity contribution in [2.45, 2.75) is 18.5 Å². The summed E-state index contributed by atoms with van der Waals surface area (Å²) < 4.78 is 40.0. The van der Waals surface area contributed by atoms with Crippen LogP contribution in [-0.2, 0) is 11.0 Å². The molecule has 1 amide bonds. The molecule has 8 heteroatoms. The third-order valence-corrected chi connectivity index (χ3v) is 4.75. The predicted octanol–water partition coefficient (Wildman–Crippen LogP) is 5.02. The molecule has 3 aromatic rings. The number of amides is 1. The molecule has 0 spiro atoms.